The van der Waals surface area contributed by atoms with E-state index >= 15 is 0 Å². The van der Waals surface area contributed by atoms with Crippen LogP contribution in [0.25, 0.3) is 6.08 Å². The fraction of sp³-hybridized carbons (Fsp3) is 0.176. The van der Waals surface area contributed by atoms with Crippen molar-refractivity contribution in [1.29, 1.82) is 0 Å². The fourth-order valence-corrected chi connectivity index (χ4v) is 2.36. The van der Waals surface area contributed by atoms with Gasteiger partial charge in [0.15, 0.2) is 0 Å². The first-order chi connectivity index (χ1) is 11.0. The van der Waals surface area contributed by atoms with Gasteiger partial charge in [0.1, 0.15) is 12.4 Å². The molecule has 0 aliphatic carbocycles. The van der Waals surface area contributed by atoms with Gasteiger partial charge in [-0.2, -0.15) is 0 Å². The lowest BCUT2D eigenvalue weighted by atomic mass is 10.2. The molecule has 0 aliphatic rings. The molecule has 0 saturated heterocycles. The van der Waals surface area contributed by atoms with E-state index in [-0.39, 0.29) is 12.5 Å². The minimum atomic E-state index is -0.142. The summed E-state index contributed by atoms with van der Waals surface area (Å²) in [5.41, 5.74) is 1.41. The van der Waals surface area contributed by atoms with Gasteiger partial charge < -0.3 is 9.64 Å². The molecule has 4 nitrogen and oxygen atoms in total. The number of hydrogen-bond acceptors (Lipinski definition) is 3. The van der Waals surface area contributed by atoms with E-state index in [2.05, 4.69) is 4.98 Å². The smallest absolute Gasteiger partial charge is 0.246 e. The van der Waals surface area contributed by atoms with E-state index in [1.165, 1.54) is 11.0 Å². The number of nitrogens with zero attached hydrogens (tertiary/aromatic N) is 2. The molecule has 2 rings (SSSR count). The molecule has 120 valence electrons. The quantitative estimate of drug-likeness (QED) is 0.763. The largest absolute Gasteiger partial charge is 0.485 e. The number of aromatic nitrogens is 1. The van der Waals surface area contributed by atoms with Crippen molar-refractivity contribution >= 4 is 35.2 Å². The molecule has 0 N–H and O–H groups in total. The number of hydrogen-bond donors (Lipinski definition) is 0. The third kappa shape index (κ3) is 4.98. The Morgan fingerprint density at radius 1 is 1.30 bits per heavy atom. The Kier molecular flexibility index (Phi) is 6.02. The van der Waals surface area contributed by atoms with E-state index < -0.39 is 0 Å². The molecule has 1 amide bonds. The van der Waals surface area contributed by atoms with Crippen LogP contribution in [-0.2, 0) is 11.4 Å². The zero-order valence-corrected chi connectivity index (χ0v) is 14.3. The summed E-state index contributed by atoms with van der Waals surface area (Å²) in [4.78, 5) is 17.4. The molecule has 6 heteroatoms. The molecule has 0 saturated carbocycles. The van der Waals surface area contributed by atoms with Gasteiger partial charge in [0, 0.05) is 37.0 Å². The molecule has 23 heavy (non-hydrogen) atoms. The van der Waals surface area contributed by atoms with Crippen molar-refractivity contribution in [2.75, 3.05) is 14.1 Å². The lowest BCUT2D eigenvalue weighted by Gasteiger charge is -2.12. The maximum atomic E-state index is 11.7. The van der Waals surface area contributed by atoms with E-state index in [1.807, 2.05) is 18.2 Å². The topological polar surface area (TPSA) is 42.4 Å². The van der Waals surface area contributed by atoms with Gasteiger partial charge in [-0.3, -0.25) is 9.78 Å². The van der Waals surface area contributed by atoms with Gasteiger partial charge >= 0.3 is 0 Å². The van der Waals surface area contributed by atoms with Gasteiger partial charge in [-0.15, -0.1) is 0 Å². The zero-order valence-electron chi connectivity index (χ0n) is 12.8. The molecule has 0 radical (unpaired) electrons. The summed E-state index contributed by atoms with van der Waals surface area (Å²) in [6, 6.07) is 8.86. The third-order valence-electron chi connectivity index (χ3n) is 2.97. The number of likely N-dealkylation sites (N-methyl/N-ethyl adjacent to an activating group) is 1. The van der Waals surface area contributed by atoms with Crippen molar-refractivity contribution in [2.24, 2.45) is 0 Å². The number of benzene rings is 1. The third-order valence-corrected chi connectivity index (χ3v) is 3.47. The van der Waals surface area contributed by atoms with E-state index in [4.69, 9.17) is 27.9 Å². The Hall–Kier alpha value is -2.04. The molecular formula is C17H16Cl2N2O2. The van der Waals surface area contributed by atoms with Crippen LogP contribution in [0.2, 0.25) is 10.0 Å². The van der Waals surface area contributed by atoms with E-state index in [0.29, 0.717) is 21.4 Å². The number of carbonyl (C=O) groups is 1. The van der Waals surface area contributed by atoms with E-state index in [0.717, 1.165) is 5.69 Å². The van der Waals surface area contributed by atoms with Gasteiger partial charge in [-0.1, -0.05) is 29.3 Å². The maximum absolute atomic E-state index is 11.7. The molecule has 0 unspecified atom stereocenters. The summed E-state index contributed by atoms with van der Waals surface area (Å²) in [5, 5.41) is 0.850. The first-order valence-corrected chi connectivity index (χ1v) is 7.64. The van der Waals surface area contributed by atoms with Crippen LogP contribution < -0.4 is 4.74 Å². The second-order valence-electron chi connectivity index (χ2n) is 4.98. The summed E-state index contributed by atoms with van der Waals surface area (Å²) in [6.45, 7) is 0.269. The number of ether oxygens (including phenoxy) is 1. The van der Waals surface area contributed by atoms with Crippen LogP contribution in [0.4, 0.5) is 0 Å². The Balaban J connectivity index is 2.25. The molecule has 1 aromatic heterocycles. The molecule has 2 aromatic rings. The van der Waals surface area contributed by atoms with Gasteiger partial charge in [0.25, 0.3) is 0 Å². The molecule has 0 spiro atoms. The first-order valence-electron chi connectivity index (χ1n) is 6.88. The summed E-state index contributed by atoms with van der Waals surface area (Å²) in [7, 11) is 3.35. The summed E-state index contributed by atoms with van der Waals surface area (Å²) in [5.74, 6) is 0.321. The van der Waals surface area contributed by atoms with Crippen LogP contribution in [-0.4, -0.2) is 29.9 Å². The summed E-state index contributed by atoms with van der Waals surface area (Å²) < 4.78 is 5.77. The second-order valence-corrected chi connectivity index (χ2v) is 5.83. The maximum Gasteiger partial charge on any atom is 0.246 e. The van der Waals surface area contributed by atoms with Gasteiger partial charge in [-0.05, 0) is 30.3 Å². The first kappa shape index (κ1) is 17.3. The lowest BCUT2D eigenvalue weighted by molar-refractivity contribution is -0.123. The van der Waals surface area contributed by atoms with Crippen LogP contribution in [0.3, 0.4) is 0 Å². The highest BCUT2D eigenvalue weighted by atomic mass is 35.5. The molecule has 1 heterocycles. The number of carbonyl (C=O) groups excluding carboxylic acids is 1. The average molecular weight is 351 g/mol. The monoisotopic (exact) mass is 350 g/mol. The average Bonchev–Trinajstić information content (AvgIpc) is 2.52. The van der Waals surface area contributed by atoms with Crippen LogP contribution in [0.5, 0.6) is 5.75 Å². The SMILES string of the molecule is CN(C)C(=O)/C=C/c1cc(Cl)cc(Cl)c1OCc1ccccn1. The predicted molar refractivity (Wildman–Crippen MR) is 92.8 cm³/mol. The minimum absolute atomic E-state index is 0.142. The highest BCUT2D eigenvalue weighted by Crippen LogP contribution is 2.33. The summed E-state index contributed by atoms with van der Waals surface area (Å²) >= 11 is 12.3. The molecule has 0 fully saturated rings. The fourth-order valence-electron chi connectivity index (χ4n) is 1.80. The van der Waals surface area contributed by atoms with Crippen LogP contribution in [0.1, 0.15) is 11.3 Å². The predicted octanol–water partition coefficient (Wildman–Crippen LogP) is 4.07. The van der Waals surface area contributed by atoms with Crippen molar-refractivity contribution in [3.63, 3.8) is 0 Å². The molecule has 0 aliphatic heterocycles. The normalized spacial score (nSPS) is 10.8. The molecule has 0 atom stereocenters. The van der Waals surface area contributed by atoms with Gasteiger partial charge in [-0.25, -0.2) is 0 Å². The van der Waals surface area contributed by atoms with Crippen LogP contribution >= 0.6 is 23.2 Å². The van der Waals surface area contributed by atoms with Crippen molar-refractivity contribution in [3.8, 4) is 5.75 Å². The minimum Gasteiger partial charge on any atom is -0.485 e. The van der Waals surface area contributed by atoms with Crippen molar-refractivity contribution in [3.05, 3.63) is 63.9 Å². The Labute approximate surface area is 145 Å². The summed E-state index contributed by atoms with van der Waals surface area (Å²) in [6.07, 6.45) is 4.77. The van der Waals surface area contributed by atoms with Gasteiger partial charge in [0.2, 0.25) is 5.91 Å². The van der Waals surface area contributed by atoms with Crippen molar-refractivity contribution in [1.82, 2.24) is 9.88 Å². The van der Waals surface area contributed by atoms with Crippen LogP contribution in [0.15, 0.2) is 42.6 Å². The number of amides is 1. The Morgan fingerprint density at radius 3 is 2.74 bits per heavy atom. The molecular weight excluding hydrogens is 335 g/mol. The second kappa shape index (κ2) is 7.99. The van der Waals surface area contributed by atoms with Crippen LogP contribution in [0, 0.1) is 0 Å². The van der Waals surface area contributed by atoms with Gasteiger partial charge in [0.05, 0.1) is 10.7 Å². The highest BCUT2D eigenvalue weighted by Gasteiger charge is 2.10. The number of pyridine rings is 1. The van der Waals surface area contributed by atoms with Crippen molar-refractivity contribution < 1.29 is 9.53 Å². The standard InChI is InChI=1S/C17H16Cl2N2O2/c1-21(2)16(22)7-6-12-9-13(18)10-15(19)17(12)23-11-14-5-3-4-8-20-14/h3-10H,11H2,1-2H3/b7-6+. The van der Waals surface area contributed by atoms with Crippen molar-refractivity contribution in [2.45, 2.75) is 6.61 Å². The number of halogens is 2. The van der Waals surface area contributed by atoms with E-state index in [1.54, 1.807) is 38.5 Å². The Morgan fingerprint density at radius 2 is 2.09 bits per heavy atom. The number of rotatable bonds is 5. The Bertz CT molecular complexity index is 716. The molecule has 1 aromatic carbocycles. The lowest BCUT2D eigenvalue weighted by Crippen LogP contribution is -2.18. The molecule has 0 bridgehead atoms. The highest BCUT2D eigenvalue weighted by molar-refractivity contribution is 6.36. The van der Waals surface area contributed by atoms with E-state index in [9.17, 15) is 4.79 Å². The zero-order chi connectivity index (χ0) is 16.8.